The van der Waals surface area contributed by atoms with Crippen LogP contribution in [0.5, 0.6) is 0 Å². The van der Waals surface area contributed by atoms with Crippen molar-refractivity contribution in [2.75, 3.05) is 10.6 Å². The van der Waals surface area contributed by atoms with Crippen LogP contribution in [0.1, 0.15) is 18.2 Å². The van der Waals surface area contributed by atoms with Gasteiger partial charge in [-0.2, -0.15) is 0 Å². The van der Waals surface area contributed by atoms with Gasteiger partial charge in [0, 0.05) is 29.2 Å². The van der Waals surface area contributed by atoms with E-state index in [4.69, 9.17) is 11.6 Å². The second kappa shape index (κ2) is 8.33. The predicted octanol–water partition coefficient (Wildman–Crippen LogP) is 4.91. The Kier molecular flexibility index (Phi) is 5.88. The van der Waals surface area contributed by atoms with E-state index < -0.39 is 0 Å². The zero-order chi connectivity index (χ0) is 19.4. The maximum Gasteiger partial charge on any atom is 0.230 e. The molecule has 0 aliphatic heterocycles. The van der Waals surface area contributed by atoms with Crippen molar-refractivity contribution in [3.05, 3.63) is 64.1 Å². The van der Waals surface area contributed by atoms with E-state index in [-0.39, 0.29) is 18.2 Å². The number of carbonyl (C=O) groups excluding carboxylic acids is 2. The average molecular weight is 400 g/mol. The van der Waals surface area contributed by atoms with Crippen LogP contribution in [0.4, 0.5) is 11.4 Å². The molecule has 0 fully saturated rings. The van der Waals surface area contributed by atoms with Crippen LogP contribution < -0.4 is 10.6 Å². The van der Waals surface area contributed by atoms with Crippen molar-refractivity contribution in [3.63, 3.8) is 0 Å². The minimum absolute atomic E-state index is 0.157. The molecular formula is C20H18ClN3O2S. The summed E-state index contributed by atoms with van der Waals surface area (Å²) in [6.07, 6.45) is 0.157. The van der Waals surface area contributed by atoms with Crippen molar-refractivity contribution in [1.29, 1.82) is 0 Å². The lowest BCUT2D eigenvalue weighted by Gasteiger charge is -2.10. The van der Waals surface area contributed by atoms with E-state index in [0.717, 1.165) is 16.1 Å². The summed E-state index contributed by atoms with van der Waals surface area (Å²) in [5.74, 6) is -0.334. The highest BCUT2D eigenvalue weighted by Gasteiger charge is 2.12. The molecule has 0 aliphatic carbocycles. The number of hydrogen-bond donors (Lipinski definition) is 2. The Hall–Kier alpha value is -2.70. The van der Waals surface area contributed by atoms with Gasteiger partial charge in [0.25, 0.3) is 0 Å². The molecule has 0 saturated carbocycles. The maximum atomic E-state index is 12.4. The van der Waals surface area contributed by atoms with Crippen molar-refractivity contribution < 1.29 is 9.59 Å². The van der Waals surface area contributed by atoms with Crippen LogP contribution in [-0.4, -0.2) is 16.8 Å². The Morgan fingerprint density at radius 2 is 1.93 bits per heavy atom. The number of rotatable bonds is 5. The Balaban J connectivity index is 1.70. The minimum Gasteiger partial charge on any atom is -0.326 e. The number of aromatic nitrogens is 1. The first-order valence-corrected chi connectivity index (χ1v) is 9.55. The fourth-order valence-electron chi connectivity index (χ4n) is 2.54. The second-order valence-electron chi connectivity index (χ2n) is 6.06. The number of aryl methyl sites for hydroxylation is 1. The summed E-state index contributed by atoms with van der Waals surface area (Å²) in [6.45, 7) is 3.34. The fourth-order valence-corrected chi connectivity index (χ4v) is 3.68. The van der Waals surface area contributed by atoms with Gasteiger partial charge in [-0.05, 0) is 30.7 Å². The van der Waals surface area contributed by atoms with E-state index in [1.54, 1.807) is 12.1 Å². The van der Waals surface area contributed by atoms with E-state index in [2.05, 4.69) is 15.6 Å². The highest BCUT2D eigenvalue weighted by molar-refractivity contribution is 7.13. The zero-order valence-corrected chi connectivity index (χ0v) is 16.4. The van der Waals surface area contributed by atoms with Gasteiger partial charge in [-0.1, -0.05) is 35.9 Å². The normalized spacial score (nSPS) is 10.5. The number of carbonyl (C=O) groups is 2. The summed E-state index contributed by atoms with van der Waals surface area (Å²) in [7, 11) is 0. The van der Waals surface area contributed by atoms with Gasteiger partial charge < -0.3 is 10.6 Å². The van der Waals surface area contributed by atoms with Gasteiger partial charge in [-0.3, -0.25) is 9.59 Å². The summed E-state index contributed by atoms with van der Waals surface area (Å²) in [6, 6.07) is 12.9. The number of anilines is 2. The highest BCUT2D eigenvalue weighted by atomic mass is 35.5. The molecule has 2 amide bonds. The summed E-state index contributed by atoms with van der Waals surface area (Å²) in [5.41, 5.74) is 3.75. The van der Waals surface area contributed by atoms with Crippen molar-refractivity contribution in [1.82, 2.24) is 4.98 Å². The summed E-state index contributed by atoms with van der Waals surface area (Å²) in [5, 5.41) is 8.87. The van der Waals surface area contributed by atoms with Crippen molar-refractivity contribution in [2.24, 2.45) is 0 Å². The fraction of sp³-hybridized carbons (Fsp3) is 0.150. The predicted molar refractivity (Wildman–Crippen MR) is 110 cm³/mol. The van der Waals surface area contributed by atoms with Crippen molar-refractivity contribution >= 4 is 46.1 Å². The highest BCUT2D eigenvalue weighted by Crippen LogP contribution is 2.30. The minimum atomic E-state index is -0.172. The number of thiazole rings is 1. The number of halogens is 1. The molecule has 2 N–H and O–H groups in total. The van der Waals surface area contributed by atoms with Gasteiger partial charge in [0.15, 0.2) is 0 Å². The van der Waals surface area contributed by atoms with Crippen LogP contribution in [0.25, 0.3) is 10.6 Å². The number of nitrogens with one attached hydrogen (secondary N) is 2. The molecule has 0 atom stereocenters. The van der Waals surface area contributed by atoms with Crippen molar-refractivity contribution in [2.45, 2.75) is 20.3 Å². The molecule has 0 saturated heterocycles. The number of benzene rings is 2. The Morgan fingerprint density at radius 1 is 1.15 bits per heavy atom. The quantitative estimate of drug-likeness (QED) is 0.640. The van der Waals surface area contributed by atoms with Gasteiger partial charge in [0.05, 0.1) is 17.1 Å². The van der Waals surface area contributed by atoms with Crippen molar-refractivity contribution in [3.8, 4) is 10.6 Å². The third-order valence-corrected chi connectivity index (χ3v) is 5.08. The van der Waals surface area contributed by atoms with E-state index >= 15 is 0 Å². The summed E-state index contributed by atoms with van der Waals surface area (Å²) in [4.78, 5) is 28.1. The lowest BCUT2D eigenvalue weighted by atomic mass is 10.1. The Bertz CT molecular complexity index is 1000. The molecule has 0 radical (unpaired) electrons. The Morgan fingerprint density at radius 3 is 2.67 bits per heavy atom. The van der Waals surface area contributed by atoms with E-state index in [1.165, 1.54) is 18.3 Å². The second-order valence-corrected chi connectivity index (χ2v) is 7.32. The average Bonchev–Trinajstić information content (AvgIpc) is 3.06. The van der Waals surface area contributed by atoms with E-state index in [0.29, 0.717) is 22.1 Å². The molecule has 7 heteroatoms. The SMILES string of the molecule is CC(=O)Nc1ccc(C)c(NC(=O)Cc2csc(-c3ccccc3Cl)n2)c1. The lowest BCUT2D eigenvalue weighted by Crippen LogP contribution is -2.16. The van der Waals surface area contributed by atoms with Gasteiger partial charge >= 0.3 is 0 Å². The van der Waals surface area contributed by atoms with Crippen LogP contribution >= 0.6 is 22.9 Å². The zero-order valence-electron chi connectivity index (χ0n) is 14.9. The molecule has 3 rings (SSSR count). The molecule has 138 valence electrons. The van der Waals surface area contributed by atoms with Crippen LogP contribution in [-0.2, 0) is 16.0 Å². The van der Waals surface area contributed by atoms with E-state index in [9.17, 15) is 9.59 Å². The Labute approximate surface area is 166 Å². The molecule has 5 nitrogen and oxygen atoms in total. The molecule has 0 spiro atoms. The largest absolute Gasteiger partial charge is 0.326 e. The number of nitrogens with zero attached hydrogens (tertiary/aromatic N) is 1. The third-order valence-electron chi connectivity index (χ3n) is 3.83. The van der Waals surface area contributed by atoms with Gasteiger partial charge in [0.1, 0.15) is 5.01 Å². The molecule has 0 aliphatic rings. The molecule has 0 unspecified atom stereocenters. The first-order valence-electron chi connectivity index (χ1n) is 8.30. The first-order chi connectivity index (χ1) is 12.9. The first kappa shape index (κ1) is 19.1. The molecule has 27 heavy (non-hydrogen) atoms. The van der Waals surface area contributed by atoms with Crippen LogP contribution in [0.15, 0.2) is 47.8 Å². The van der Waals surface area contributed by atoms with Crippen LogP contribution in [0.2, 0.25) is 5.02 Å². The summed E-state index contributed by atoms with van der Waals surface area (Å²) >= 11 is 7.66. The van der Waals surface area contributed by atoms with Gasteiger partial charge in [0.2, 0.25) is 11.8 Å². The lowest BCUT2D eigenvalue weighted by molar-refractivity contribution is -0.116. The topological polar surface area (TPSA) is 71.1 Å². The smallest absolute Gasteiger partial charge is 0.230 e. The monoisotopic (exact) mass is 399 g/mol. The van der Waals surface area contributed by atoms with E-state index in [1.807, 2.05) is 42.6 Å². The van der Waals surface area contributed by atoms with Gasteiger partial charge in [-0.25, -0.2) is 4.98 Å². The maximum absolute atomic E-state index is 12.4. The summed E-state index contributed by atoms with van der Waals surface area (Å²) < 4.78 is 0. The number of hydrogen-bond acceptors (Lipinski definition) is 4. The molecule has 2 aromatic carbocycles. The van der Waals surface area contributed by atoms with Crippen LogP contribution in [0.3, 0.4) is 0 Å². The number of amides is 2. The molecule has 1 aromatic heterocycles. The van der Waals surface area contributed by atoms with Crippen LogP contribution in [0, 0.1) is 6.92 Å². The molecular weight excluding hydrogens is 382 g/mol. The van der Waals surface area contributed by atoms with Gasteiger partial charge in [-0.15, -0.1) is 11.3 Å². The standard InChI is InChI=1S/C20H18ClN3O2S/c1-12-7-8-14(22-13(2)25)9-18(12)24-19(26)10-15-11-27-20(23-15)16-5-3-4-6-17(16)21/h3-9,11H,10H2,1-2H3,(H,22,25)(H,24,26). The third kappa shape index (κ3) is 4.93. The molecule has 0 bridgehead atoms. The molecule has 3 aromatic rings. The molecule has 1 heterocycles.